The summed E-state index contributed by atoms with van der Waals surface area (Å²) in [4.78, 5) is 29.0. The van der Waals surface area contributed by atoms with Gasteiger partial charge in [-0.2, -0.15) is 0 Å². The minimum atomic E-state index is -0.975. The van der Waals surface area contributed by atoms with Crippen LogP contribution < -0.4 is 0 Å². The first-order valence-corrected chi connectivity index (χ1v) is 14.9. The summed E-state index contributed by atoms with van der Waals surface area (Å²) in [5.41, 5.74) is 4.17. The Morgan fingerprint density at radius 2 is 1.90 bits per heavy atom. The van der Waals surface area contributed by atoms with Gasteiger partial charge in [-0.05, 0) is 80.5 Å². The van der Waals surface area contributed by atoms with Gasteiger partial charge < -0.3 is 14.8 Å². The smallest absolute Gasteiger partial charge is 0.455 e. The highest BCUT2D eigenvalue weighted by Crippen LogP contribution is 2.52. The summed E-state index contributed by atoms with van der Waals surface area (Å²) >= 11 is 0. The number of rotatable bonds is 8. The van der Waals surface area contributed by atoms with Gasteiger partial charge >= 0.3 is 7.12 Å². The maximum absolute atomic E-state index is 13.9. The molecule has 0 bridgehead atoms. The summed E-state index contributed by atoms with van der Waals surface area (Å²) in [5.74, 6) is -1.96. The number of likely N-dealkylation sites (tertiary alicyclic amines) is 1. The van der Waals surface area contributed by atoms with E-state index in [9.17, 15) is 24.1 Å². The van der Waals surface area contributed by atoms with Crippen LogP contribution in [0.15, 0.2) is 34.9 Å². The normalized spacial score (nSPS) is 28.3. The Labute approximate surface area is 231 Å². The van der Waals surface area contributed by atoms with Gasteiger partial charge in [0.1, 0.15) is 0 Å². The molecule has 2 N–H and O–H groups in total. The SMILES string of the molecule is CCC/C(=C\c1ccc(O)c(F)c1)CC[C@H]1OB(O)C[C@H]2C1=C(CC)C[C@H]1C(=O)N(C3CCCCC3)C(=O)[C@H]12. The number of imide groups is 1. The van der Waals surface area contributed by atoms with Crippen LogP contribution in [-0.4, -0.2) is 46.1 Å². The van der Waals surface area contributed by atoms with Crippen LogP contribution in [0, 0.1) is 23.6 Å². The van der Waals surface area contributed by atoms with Crippen LogP contribution in [0.4, 0.5) is 4.39 Å². The molecule has 0 unspecified atom stereocenters. The highest BCUT2D eigenvalue weighted by Gasteiger charge is 2.58. The number of phenols is 1. The molecule has 2 heterocycles. The summed E-state index contributed by atoms with van der Waals surface area (Å²) < 4.78 is 20.0. The van der Waals surface area contributed by atoms with Crippen molar-refractivity contribution in [2.24, 2.45) is 17.8 Å². The molecule has 1 aromatic rings. The van der Waals surface area contributed by atoms with E-state index in [1.54, 1.807) is 11.0 Å². The number of carbonyl (C=O) groups is 2. The van der Waals surface area contributed by atoms with Crippen LogP contribution in [0.5, 0.6) is 5.75 Å². The quantitative estimate of drug-likeness (QED) is 0.240. The zero-order valence-corrected chi connectivity index (χ0v) is 23.2. The predicted molar refractivity (Wildman–Crippen MR) is 149 cm³/mol. The van der Waals surface area contributed by atoms with Crippen LogP contribution in [0.1, 0.15) is 90.0 Å². The van der Waals surface area contributed by atoms with E-state index in [1.807, 2.05) is 6.08 Å². The summed E-state index contributed by atoms with van der Waals surface area (Å²) in [6.45, 7) is 4.20. The second-order valence-electron chi connectivity index (χ2n) is 11.8. The van der Waals surface area contributed by atoms with Gasteiger partial charge in [0, 0.05) is 6.04 Å². The average Bonchev–Trinajstić information content (AvgIpc) is 3.18. The number of hydrogen-bond acceptors (Lipinski definition) is 5. The highest BCUT2D eigenvalue weighted by molar-refractivity contribution is 6.43. The molecule has 1 aromatic carbocycles. The van der Waals surface area contributed by atoms with Crippen LogP contribution in [0.25, 0.3) is 6.08 Å². The zero-order chi connectivity index (χ0) is 27.7. The maximum Gasteiger partial charge on any atom is 0.455 e. The van der Waals surface area contributed by atoms with Crippen molar-refractivity contribution < 1.29 is 28.8 Å². The van der Waals surface area contributed by atoms with Crippen molar-refractivity contribution in [1.29, 1.82) is 0 Å². The molecule has 8 heteroatoms. The molecule has 2 aliphatic carbocycles. The van der Waals surface area contributed by atoms with E-state index in [-0.39, 0.29) is 41.5 Å². The zero-order valence-electron chi connectivity index (χ0n) is 23.2. The number of halogens is 1. The summed E-state index contributed by atoms with van der Waals surface area (Å²) in [5, 5.41) is 20.3. The average molecular weight is 537 g/mol. The Morgan fingerprint density at radius 3 is 2.59 bits per heavy atom. The van der Waals surface area contributed by atoms with Crippen LogP contribution in [0.2, 0.25) is 6.32 Å². The number of carbonyl (C=O) groups excluding carboxylic acids is 2. The van der Waals surface area contributed by atoms with Crippen LogP contribution in [0.3, 0.4) is 0 Å². The predicted octanol–water partition coefficient (Wildman–Crippen LogP) is 6.03. The molecule has 2 amide bonds. The molecule has 0 spiro atoms. The molecule has 4 aliphatic rings. The second-order valence-corrected chi connectivity index (χ2v) is 11.8. The number of hydrogen-bond donors (Lipinski definition) is 2. The van der Waals surface area contributed by atoms with Crippen LogP contribution >= 0.6 is 0 Å². The van der Waals surface area contributed by atoms with Crippen LogP contribution in [-0.2, 0) is 14.2 Å². The minimum absolute atomic E-state index is 0.00581. The molecule has 5 rings (SSSR count). The first-order valence-electron chi connectivity index (χ1n) is 14.9. The molecule has 2 saturated heterocycles. The van der Waals surface area contributed by atoms with Crippen molar-refractivity contribution in [3.05, 3.63) is 46.3 Å². The van der Waals surface area contributed by atoms with Crippen molar-refractivity contribution in [1.82, 2.24) is 4.90 Å². The molecule has 3 fully saturated rings. The third-order valence-corrected chi connectivity index (χ3v) is 9.35. The molecule has 1 saturated carbocycles. The number of fused-ring (bicyclic) bond motifs is 3. The molecule has 2 aliphatic heterocycles. The van der Waals surface area contributed by atoms with Crippen molar-refractivity contribution in [3.8, 4) is 5.75 Å². The van der Waals surface area contributed by atoms with Crippen molar-refractivity contribution in [3.63, 3.8) is 0 Å². The maximum atomic E-state index is 13.9. The monoisotopic (exact) mass is 537 g/mol. The lowest BCUT2D eigenvalue weighted by molar-refractivity contribution is -0.143. The fourth-order valence-corrected chi connectivity index (χ4v) is 7.58. The molecule has 4 atom stereocenters. The number of benzene rings is 1. The molecule has 0 aromatic heterocycles. The topological polar surface area (TPSA) is 87.1 Å². The molecular weight excluding hydrogens is 496 g/mol. The molecular formula is C31H41BFNO5. The Bertz CT molecular complexity index is 1160. The standard InChI is InChI=1S/C31H41BFNO5/c1-3-8-19(15-20-11-13-26(35)25(33)16-20)12-14-27-28-21(4-2)17-23-29(24(28)18-32(38)39-27)31(37)34(30(23)36)22-9-6-5-7-10-22/h11,13,15-16,22-24,27,29,35,38H,3-10,12,14,17-18H2,1-2H3/b19-15+/t23-,24+,27-,29-/m1/s1. The van der Waals surface area contributed by atoms with Gasteiger partial charge in [0.05, 0.1) is 17.9 Å². The number of phenolic OH excluding ortho intramolecular Hbond substituents is 1. The summed E-state index contributed by atoms with van der Waals surface area (Å²) in [7, 11) is -0.975. The third kappa shape index (κ3) is 5.60. The number of nitrogens with zero attached hydrogens (tertiary/aromatic N) is 1. The summed E-state index contributed by atoms with van der Waals surface area (Å²) in [6.07, 6.45) is 11.6. The highest BCUT2D eigenvalue weighted by atomic mass is 19.1. The van der Waals surface area contributed by atoms with Crippen molar-refractivity contribution in [2.45, 2.75) is 103 Å². The first-order chi connectivity index (χ1) is 18.8. The molecule has 210 valence electrons. The van der Waals surface area contributed by atoms with Gasteiger partial charge in [-0.3, -0.25) is 14.5 Å². The fourth-order valence-electron chi connectivity index (χ4n) is 7.58. The fraction of sp³-hybridized carbons (Fsp3) is 0.613. The number of aromatic hydroxyl groups is 1. The summed E-state index contributed by atoms with van der Waals surface area (Å²) in [6, 6.07) is 4.42. The van der Waals surface area contributed by atoms with Gasteiger partial charge in [0.2, 0.25) is 11.8 Å². The second kappa shape index (κ2) is 12.0. The van der Waals surface area contributed by atoms with E-state index in [0.29, 0.717) is 31.1 Å². The lowest BCUT2D eigenvalue weighted by atomic mass is 9.58. The Hall–Kier alpha value is -2.45. The first kappa shape index (κ1) is 28.1. The van der Waals surface area contributed by atoms with Gasteiger partial charge in [-0.1, -0.05) is 62.8 Å². The lowest BCUT2D eigenvalue weighted by Gasteiger charge is -2.43. The lowest BCUT2D eigenvalue weighted by Crippen LogP contribution is -2.46. The molecule has 6 nitrogen and oxygen atoms in total. The Morgan fingerprint density at radius 1 is 1.13 bits per heavy atom. The van der Waals surface area contributed by atoms with E-state index in [0.717, 1.165) is 62.5 Å². The van der Waals surface area contributed by atoms with E-state index in [1.165, 1.54) is 17.7 Å². The van der Waals surface area contributed by atoms with E-state index in [2.05, 4.69) is 13.8 Å². The number of allylic oxidation sites excluding steroid dienone is 2. The molecule has 0 radical (unpaired) electrons. The van der Waals surface area contributed by atoms with Crippen molar-refractivity contribution >= 4 is 25.0 Å². The third-order valence-electron chi connectivity index (χ3n) is 9.35. The molecule has 39 heavy (non-hydrogen) atoms. The van der Waals surface area contributed by atoms with E-state index >= 15 is 0 Å². The Balaban J connectivity index is 1.39. The van der Waals surface area contributed by atoms with E-state index < -0.39 is 18.9 Å². The number of amides is 2. The van der Waals surface area contributed by atoms with Crippen molar-refractivity contribution in [2.75, 3.05) is 0 Å². The van der Waals surface area contributed by atoms with Gasteiger partial charge in [-0.15, -0.1) is 0 Å². The van der Waals surface area contributed by atoms with E-state index in [4.69, 9.17) is 4.65 Å². The van der Waals surface area contributed by atoms with Gasteiger partial charge in [0.15, 0.2) is 11.6 Å². The van der Waals surface area contributed by atoms with Gasteiger partial charge in [-0.25, -0.2) is 4.39 Å². The Kier molecular flexibility index (Phi) is 8.62. The van der Waals surface area contributed by atoms with Gasteiger partial charge in [0.25, 0.3) is 0 Å². The minimum Gasteiger partial charge on any atom is -0.505 e. The largest absolute Gasteiger partial charge is 0.505 e.